The van der Waals surface area contributed by atoms with E-state index in [1.165, 1.54) is 19.3 Å². The third-order valence-electron chi connectivity index (χ3n) is 5.08. The Hall–Kier alpha value is -1.69. The number of allylic oxidation sites excluding steroid dienone is 2. The number of amides is 1. The predicted octanol–water partition coefficient (Wildman–Crippen LogP) is 2.46. The highest BCUT2D eigenvalue weighted by Gasteiger charge is 2.33. The van der Waals surface area contributed by atoms with Gasteiger partial charge in [-0.15, -0.1) is 0 Å². The highest BCUT2D eigenvalue weighted by Crippen LogP contribution is 2.33. The molecule has 1 N–H and O–H groups in total. The summed E-state index contributed by atoms with van der Waals surface area (Å²) >= 11 is 0. The van der Waals surface area contributed by atoms with Gasteiger partial charge in [-0.05, 0) is 57.4 Å². The maximum Gasteiger partial charge on any atom is 0.292 e. The number of aromatic nitrogens is 2. The van der Waals surface area contributed by atoms with Crippen LogP contribution in [0.2, 0.25) is 0 Å². The average Bonchev–Trinajstić information content (AvgIpc) is 3.07. The van der Waals surface area contributed by atoms with E-state index in [2.05, 4.69) is 32.5 Å². The van der Waals surface area contributed by atoms with Crippen LogP contribution >= 0.6 is 0 Å². The van der Waals surface area contributed by atoms with Crippen LogP contribution in [0.5, 0.6) is 0 Å². The number of hydrogen-bond donors (Lipinski definition) is 1. The van der Waals surface area contributed by atoms with E-state index in [-0.39, 0.29) is 17.8 Å². The summed E-state index contributed by atoms with van der Waals surface area (Å²) < 4.78 is 5.41. The summed E-state index contributed by atoms with van der Waals surface area (Å²) in [6.45, 7) is 2.16. The van der Waals surface area contributed by atoms with Crippen molar-refractivity contribution in [3.05, 3.63) is 23.9 Å². The largest absolute Gasteiger partial charge is 0.346 e. The Morgan fingerprint density at radius 3 is 3.00 bits per heavy atom. The third kappa shape index (κ3) is 3.47. The fourth-order valence-corrected chi connectivity index (χ4v) is 3.62. The van der Waals surface area contributed by atoms with Crippen molar-refractivity contribution in [1.82, 2.24) is 20.4 Å². The molecular weight excluding hydrogens is 292 g/mol. The Labute approximate surface area is 136 Å². The molecule has 23 heavy (non-hydrogen) atoms. The van der Waals surface area contributed by atoms with Crippen LogP contribution in [0.15, 0.2) is 16.7 Å². The Morgan fingerprint density at radius 2 is 2.22 bits per heavy atom. The Balaban J connectivity index is 1.40. The lowest BCUT2D eigenvalue weighted by molar-refractivity contribution is 0.0937. The molecule has 6 nitrogen and oxygen atoms in total. The smallest absolute Gasteiger partial charge is 0.292 e. The molecule has 2 fully saturated rings. The molecular formula is C17H24N4O2. The summed E-state index contributed by atoms with van der Waals surface area (Å²) in [7, 11) is 0. The van der Waals surface area contributed by atoms with Crippen LogP contribution in [-0.4, -0.2) is 40.1 Å². The topological polar surface area (TPSA) is 71.3 Å². The minimum absolute atomic E-state index is 0.177. The van der Waals surface area contributed by atoms with Crippen LogP contribution < -0.4 is 5.32 Å². The highest BCUT2D eigenvalue weighted by atomic mass is 16.5. The summed E-state index contributed by atoms with van der Waals surface area (Å²) in [4.78, 5) is 18.8. The molecule has 1 saturated carbocycles. The number of carbonyl (C=O) groups is 1. The molecule has 4 rings (SSSR count). The van der Waals surface area contributed by atoms with Crippen molar-refractivity contribution in [1.29, 1.82) is 0 Å². The Kier molecular flexibility index (Phi) is 4.16. The summed E-state index contributed by atoms with van der Waals surface area (Å²) in [6, 6.07) is 0.489. The summed E-state index contributed by atoms with van der Waals surface area (Å²) in [5.41, 5.74) is 0. The van der Waals surface area contributed by atoms with Crippen molar-refractivity contribution in [2.24, 2.45) is 5.92 Å². The van der Waals surface area contributed by atoms with E-state index in [1.807, 2.05) is 0 Å². The van der Waals surface area contributed by atoms with Gasteiger partial charge in [0, 0.05) is 12.6 Å². The average molecular weight is 316 g/mol. The Bertz CT molecular complexity index is 593. The van der Waals surface area contributed by atoms with Crippen molar-refractivity contribution in [3.63, 3.8) is 0 Å². The lowest BCUT2D eigenvalue weighted by Crippen LogP contribution is -2.30. The normalized spacial score (nSPS) is 28.2. The first-order chi connectivity index (χ1) is 11.3. The summed E-state index contributed by atoms with van der Waals surface area (Å²) in [5, 5.41) is 6.79. The van der Waals surface area contributed by atoms with Crippen LogP contribution in [0.4, 0.5) is 0 Å². The van der Waals surface area contributed by atoms with E-state index in [1.54, 1.807) is 0 Å². The van der Waals surface area contributed by atoms with Gasteiger partial charge in [0.25, 0.3) is 11.7 Å². The van der Waals surface area contributed by atoms with Crippen molar-refractivity contribution in [2.45, 2.75) is 57.0 Å². The van der Waals surface area contributed by atoms with Crippen LogP contribution in [0.25, 0.3) is 0 Å². The van der Waals surface area contributed by atoms with E-state index >= 15 is 0 Å². The molecule has 1 aromatic heterocycles. The van der Waals surface area contributed by atoms with Gasteiger partial charge in [0.1, 0.15) is 0 Å². The van der Waals surface area contributed by atoms with Gasteiger partial charge in [0.2, 0.25) is 5.89 Å². The van der Waals surface area contributed by atoms with Gasteiger partial charge in [0.15, 0.2) is 0 Å². The molecule has 124 valence electrons. The number of rotatable bonds is 5. The first-order valence-corrected chi connectivity index (χ1v) is 8.83. The summed E-state index contributed by atoms with van der Waals surface area (Å²) in [5.74, 6) is 1.31. The first kappa shape index (κ1) is 14.9. The molecule has 6 heteroatoms. The van der Waals surface area contributed by atoms with Gasteiger partial charge in [-0.3, -0.25) is 9.69 Å². The van der Waals surface area contributed by atoms with E-state index in [0.717, 1.165) is 44.7 Å². The predicted molar refractivity (Wildman–Crippen MR) is 84.8 cm³/mol. The van der Waals surface area contributed by atoms with Crippen LogP contribution in [-0.2, 0) is 0 Å². The maximum absolute atomic E-state index is 12.0. The maximum atomic E-state index is 12.0. The minimum Gasteiger partial charge on any atom is -0.346 e. The van der Waals surface area contributed by atoms with E-state index in [4.69, 9.17) is 4.52 Å². The SMILES string of the molecule is O=C(NC1CC1)c1noc(C2CCCN2CC2CC=CCC2)n1. The first-order valence-electron chi connectivity index (χ1n) is 8.83. The van der Waals surface area contributed by atoms with Crippen molar-refractivity contribution in [2.75, 3.05) is 13.1 Å². The molecule has 0 spiro atoms. The highest BCUT2D eigenvalue weighted by molar-refractivity contribution is 5.90. The molecule has 0 radical (unpaired) electrons. The van der Waals surface area contributed by atoms with Gasteiger partial charge >= 0.3 is 0 Å². The van der Waals surface area contributed by atoms with Crippen molar-refractivity contribution in [3.8, 4) is 0 Å². The van der Waals surface area contributed by atoms with Gasteiger partial charge in [-0.25, -0.2) is 0 Å². The summed E-state index contributed by atoms with van der Waals surface area (Å²) in [6.07, 6.45) is 12.5. The zero-order valence-corrected chi connectivity index (χ0v) is 13.4. The zero-order valence-electron chi connectivity index (χ0n) is 13.4. The quantitative estimate of drug-likeness (QED) is 0.845. The third-order valence-corrected chi connectivity index (χ3v) is 5.08. The molecule has 1 amide bonds. The number of nitrogens with one attached hydrogen (secondary N) is 1. The van der Waals surface area contributed by atoms with E-state index in [0.29, 0.717) is 11.9 Å². The number of likely N-dealkylation sites (tertiary alicyclic amines) is 1. The lowest BCUT2D eigenvalue weighted by Gasteiger charge is -2.27. The number of hydrogen-bond acceptors (Lipinski definition) is 5. The van der Waals surface area contributed by atoms with Gasteiger partial charge in [-0.1, -0.05) is 17.3 Å². The lowest BCUT2D eigenvalue weighted by atomic mass is 9.94. The zero-order chi connectivity index (χ0) is 15.6. The van der Waals surface area contributed by atoms with Crippen LogP contribution in [0, 0.1) is 5.92 Å². The second-order valence-corrected chi connectivity index (χ2v) is 7.01. The molecule has 0 bridgehead atoms. The fourth-order valence-electron chi connectivity index (χ4n) is 3.62. The van der Waals surface area contributed by atoms with Gasteiger partial charge in [0.05, 0.1) is 6.04 Å². The molecule has 1 saturated heterocycles. The van der Waals surface area contributed by atoms with Crippen molar-refractivity contribution >= 4 is 5.91 Å². The fraction of sp³-hybridized carbons (Fsp3) is 0.706. The monoisotopic (exact) mass is 316 g/mol. The van der Waals surface area contributed by atoms with Crippen molar-refractivity contribution < 1.29 is 9.32 Å². The molecule has 0 aromatic carbocycles. The second kappa shape index (κ2) is 6.43. The van der Waals surface area contributed by atoms with Gasteiger partial charge in [-0.2, -0.15) is 4.98 Å². The van der Waals surface area contributed by atoms with E-state index < -0.39 is 0 Å². The standard InChI is InChI=1S/C17H24N4O2/c22-16(18-13-8-9-13)15-19-17(23-20-15)14-7-4-10-21(14)11-12-5-2-1-3-6-12/h1-2,12-14H,3-11H2,(H,18,22). The molecule has 1 aliphatic heterocycles. The van der Waals surface area contributed by atoms with Crippen LogP contribution in [0.1, 0.15) is 67.5 Å². The Morgan fingerprint density at radius 1 is 1.30 bits per heavy atom. The van der Waals surface area contributed by atoms with Crippen LogP contribution in [0.3, 0.4) is 0 Å². The van der Waals surface area contributed by atoms with Gasteiger partial charge < -0.3 is 9.84 Å². The molecule has 2 heterocycles. The molecule has 2 unspecified atom stereocenters. The second-order valence-electron chi connectivity index (χ2n) is 7.01. The molecule has 3 aliphatic rings. The van der Waals surface area contributed by atoms with E-state index in [9.17, 15) is 4.79 Å². The minimum atomic E-state index is -0.204. The molecule has 2 atom stereocenters. The molecule has 2 aliphatic carbocycles. The number of nitrogens with zero attached hydrogens (tertiary/aromatic N) is 3. The molecule has 1 aromatic rings. The number of carbonyl (C=O) groups excluding carboxylic acids is 1.